The van der Waals surface area contributed by atoms with Gasteiger partial charge in [-0.1, -0.05) is 12.8 Å². The molecule has 122 valence electrons. The Balaban J connectivity index is 0. The fourth-order valence-electron chi connectivity index (χ4n) is 1.51. The van der Waals surface area contributed by atoms with Crippen LogP contribution in [0.25, 0.3) is 0 Å². The molecular weight excluding hydrogens is 282 g/mol. The first kappa shape index (κ1) is 21.3. The maximum absolute atomic E-state index is 11.2. The Morgan fingerprint density at radius 1 is 0.619 bits per heavy atom. The third-order valence-corrected chi connectivity index (χ3v) is 2.52. The van der Waals surface area contributed by atoms with Crippen molar-refractivity contribution in [1.29, 1.82) is 0 Å². The maximum atomic E-state index is 11.2. The number of carbonyl (C=O) groups is 4. The van der Waals surface area contributed by atoms with E-state index in [1.54, 1.807) is 0 Å². The van der Waals surface area contributed by atoms with Crippen molar-refractivity contribution >= 4 is 23.9 Å². The van der Waals surface area contributed by atoms with Crippen molar-refractivity contribution in [3.8, 4) is 0 Å². The van der Waals surface area contributed by atoms with Gasteiger partial charge < -0.3 is 21.1 Å². The van der Waals surface area contributed by atoms with E-state index in [9.17, 15) is 19.2 Å². The van der Waals surface area contributed by atoms with E-state index >= 15 is 0 Å². The van der Waals surface area contributed by atoms with Gasteiger partial charge in [0.2, 0.25) is 0 Å². The highest BCUT2D eigenvalue weighted by Crippen LogP contribution is 2.07. The highest BCUT2D eigenvalue weighted by atomic mass is 16.6. The Morgan fingerprint density at radius 2 is 1.00 bits per heavy atom. The summed E-state index contributed by atoms with van der Waals surface area (Å²) < 4.78 is 4.51. The first-order chi connectivity index (χ1) is 9.41. The van der Waals surface area contributed by atoms with Crippen molar-refractivity contribution in [3.05, 3.63) is 0 Å². The summed E-state index contributed by atoms with van der Waals surface area (Å²) in [4.78, 5) is 42.8. The van der Waals surface area contributed by atoms with Crippen LogP contribution in [0.3, 0.4) is 0 Å². The van der Waals surface area contributed by atoms with Crippen LogP contribution in [0.4, 0.5) is 0 Å². The lowest BCUT2D eigenvalue weighted by Gasteiger charge is -2.02. The first-order valence-corrected chi connectivity index (χ1v) is 6.59. The number of unbranched alkanes of at least 4 members (excludes halogenated alkanes) is 3. The standard InChI is InChI=1S/C13H20O7.H3N/c14-10(15)6-3-1-2-4-8-12(18)20-13(19)9-5-7-11(16)17;/h1-9H2,(H,14,15)(H,16,17);1H3. The molecule has 0 heterocycles. The van der Waals surface area contributed by atoms with Crippen molar-refractivity contribution < 1.29 is 34.1 Å². The normalized spacial score (nSPS) is 9.52. The summed E-state index contributed by atoms with van der Waals surface area (Å²) in [7, 11) is 0. The van der Waals surface area contributed by atoms with Crippen LogP contribution in [0.15, 0.2) is 0 Å². The molecular formula is C13H23NO7. The second-order valence-corrected chi connectivity index (χ2v) is 4.40. The van der Waals surface area contributed by atoms with Crippen LogP contribution in [0.5, 0.6) is 0 Å². The van der Waals surface area contributed by atoms with Gasteiger partial charge in [0.25, 0.3) is 0 Å². The second kappa shape index (κ2) is 13.0. The summed E-state index contributed by atoms with van der Waals surface area (Å²) in [6, 6.07) is 0. The van der Waals surface area contributed by atoms with Gasteiger partial charge in [-0.2, -0.15) is 0 Å². The van der Waals surface area contributed by atoms with E-state index in [0.29, 0.717) is 25.7 Å². The molecule has 0 amide bonds. The van der Waals surface area contributed by atoms with Crippen molar-refractivity contribution in [3.63, 3.8) is 0 Å². The van der Waals surface area contributed by atoms with Crippen LogP contribution in [-0.4, -0.2) is 34.1 Å². The fourth-order valence-corrected chi connectivity index (χ4v) is 1.51. The zero-order valence-corrected chi connectivity index (χ0v) is 12.0. The van der Waals surface area contributed by atoms with Gasteiger partial charge in [-0.15, -0.1) is 0 Å². The average molecular weight is 305 g/mol. The van der Waals surface area contributed by atoms with Crippen LogP contribution in [0.1, 0.15) is 57.8 Å². The number of hydrogen-bond donors (Lipinski definition) is 3. The number of carboxylic acid groups (broad SMARTS) is 2. The lowest BCUT2D eigenvalue weighted by Crippen LogP contribution is -2.12. The largest absolute Gasteiger partial charge is 0.481 e. The molecule has 0 rings (SSSR count). The number of rotatable bonds is 11. The highest BCUT2D eigenvalue weighted by Gasteiger charge is 2.10. The number of carboxylic acids is 2. The minimum atomic E-state index is -0.995. The van der Waals surface area contributed by atoms with Crippen molar-refractivity contribution in [2.75, 3.05) is 0 Å². The van der Waals surface area contributed by atoms with Gasteiger partial charge in [0.05, 0.1) is 0 Å². The van der Waals surface area contributed by atoms with Gasteiger partial charge in [0, 0.05) is 25.7 Å². The third kappa shape index (κ3) is 16.0. The van der Waals surface area contributed by atoms with Crippen LogP contribution >= 0.6 is 0 Å². The number of aliphatic carboxylic acids is 2. The third-order valence-electron chi connectivity index (χ3n) is 2.52. The summed E-state index contributed by atoms with van der Waals surface area (Å²) in [5, 5.41) is 16.8. The monoisotopic (exact) mass is 305 g/mol. The van der Waals surface area contributed by atoms with Crippen LogP contribution < -0.4 is 6.15 Å². The lowest BCUT2D eigenvalue weighted by molar-refractivity contribution is -0.159. The molecule has 0 atom stereocenters. The van der Waals surface area contributed by atoms with Gasteiger partial charge >= 0.3 is 23.9 Å². The van der Waals surface area contributed by atoms with Gasteiger partial charge in [-0.25, -0.2) is 0 Å². The Kier molecular flexibility index (Phi) is 13.3. The molecule has 0 radical (unpaired) electrons. The molecule has 0 aliphatic carbocycles. The maximum Gasteiger partial charge on any atom is 0.313 e. The minimum Gasteiger partial charge on any atom is -0.481 e. The molecule has 5 N–H and O–H groups in total. The predicted octanol–water partition coefficient (Wildman–Crippen LogP) is 1.90. The molecule has 0 saturated heterocycles. The summed E-state index contributed by atoms with van der Waals surface area (Å²) in [6.45, 7) is 0. The zero-order valence-electron chi connectivity index (χ0n) is 12.0. The van der Waals surface area contributed by atoms with E-state index in [-0.39, 0.29) is 38.3 Å². The molecule has 0 fully saturated rings. The van der Waals surface area contributed by atoms with Gasteiger partial charge in [0.15, 0.2) is 0 Å². The lowest BCUT2D eigenvalue weighted by atomic mass is 10.1. The molecule has 0 aromatic heterocycles. The smallest absolute Gasteiger partial charge is 0.313 e. The topological polar surface area (TPSA) is 153 Å². The van der Waals surface area contributed by atoms with E-state index in [4.69, 9.17) is 10.2 Å². The summed E-state index contributed by atoms with van der Waals surface area (Å²) in [6.07, 6.45) is 2.69. The van der Waals surface area contributed by atoms with Crippen molar-refractivity contribution in [2.24, 2.45) is 0 Å². The van der Waals surface area contributed by atoms with Gasteiger partial charge in [-0.3, -0.25) is 19.2 Å². The van der Waals surface area contributed by atoms with E-state index in [1.165, 1.54) is 0 Å². The molecule has 0 aromatic rings. The molecule has 0 unspecified atom stereocenters. The van der Waals surface area contributed by atoms with E-state index in [0.717, 1.165) is 0 Å². The zero-order chi connectivity index (χ0) is 15.4. The average Bonchev–Trinajstić information content (AvgIpc) is 2.32. The van der Waals surface area contributed by atoms with Crippen molar-refractivity contribution in [1.82, 2.24) is 6.15 Å². The van der Waals surface area contributed by atoms with E-state index in [2.05, 4.69) is 4.74 Å². The molecule has 8 heteroatoms. The number of ether oxygens (including phenoxy) is 1. The summed E-state index contributed by atoms with van der Waals surface area (Å²) in [5.41, 5.74) is 0. The Morgan fingerprint density at radius 3 is 1.48 bits per heavy atom. The van der Waals surface area contributed by atoms with Gasteiger partial charge in [0.1, 0.15) is 0 Å². The predicted molar refractivity (Wildman–Crippen MR) is 72.9 cm³/mol. The Labute approximate surface area is 123 Å². The molecule has 0 aliphatic rings. The summed E-state index contributed by atoms with van der Waals surface area (Å²) >= 11 is 0. The Bertz CT molecular complexity index is 354. The molecule has 0 bridgehead atoms. The van der Waals surface area contributed by atoms with Crippen LogP contribution in [0.2, 0.25) is 0 Å². The van der Waals surface area contributed by atoms with Crippen molar-refractivity contribution in [2.45, 2.75) is 57.8 Å². The molecule has 0 aliphatic heterocycles. The first-order valence-electron chi connectivity index (χ1n) is 6.59. The quantitative estimate of drug-likeness (QED) is 0.297. The minimum absolute atomic E-state index is 0. The number of hydrogen-bond acceptors (Lipinski definition) is 6. The highest BCUT2D eigenvalue weighted by molar-refractivity contribution is 5.85. The van der Waals surface area contributed by atoms with E-state index in [1.807, 2.05) is 0 Å². The molecule has 0 saturated carbocycles. The molecule has 0 spiro atoms. The number of esters is 2. The van der Waals surface area contributed by atoms with E-state index < -0.39 is 23.9 Å². The Hall–Kier alpha value is -1.96. The van der Waals surface area contributed by atoms with Crippen LogP contribution in [-0.2, 0) is 23.9 Å². The molecule has 0 aromatic carbocycles. The fraction of sp³-hybridized carbons (Fsp3) is 0.692. The second-order valence-electron chi connectivity index (χ2n) is 4.40. The molecule has 8 nitrogen and oxygen atoms in total. The van der Waals surface area contributed by atoms with Crippen LogP contribution in [0, 0.1) is 0 Å². The summed E-state index contributed by atoms with van der Waals surface area (Å²) in [5.74, 6) is -3.16. The molecule has 21 heavy (non-hydrogen) atoms. The number of carbonyl (C=O) groups excluding carboxylic acids is 2. The SMILES string of the molecule is N.O=C(O)CCCCCCC(=O)OC(=O)CCCC(=O)O. The van der Waals surface area contributed by atoms with Gasteiger partial charge in [-0.05, 0) is 19.3 Å².